The van der Waals surface area contributed by atoms with E-state index in [4.69, 9.17) is 4.74 Å². The van der Waals surface area contributed by atoms with Crippen LogP contribution in [0.1, 0.15) is 35.6 Å². The molecule has 0 N–H and O–H groups in total. The second-order valence-corrected chi connectivity index (χ2v) is 8.02. The molecule has 4 aromatic rings. The van der Waals surface area contributed by atoms with Gasteiger partial charge in [-0.1, -0.05) is 79.7 Å². The van der Waals surface area contributed by atoms with Gasteiger partial charge in [-0.2, -0.15) is 22.0 Å². The molecule has 0 aliphatic carbocycles. The van der Waals surface area contributed by atoms with Gasteiger partial charge in [-0.15, -0.1) is 0 Å². The lowest BCUT2D eigenvalue weighted by Crippen LogP contribution is -2.15. The summed E-state index contributed by atoms with van der Waals surface area (Å²) >= 11 is 0. The van der Waals surface area contributed by atoms with E-state index in [1.807, 2.05) is 67.6 Å². The highest BCUT2D eigenvalue weighted by Crippen LogP contribution is 2.41. The molecule has 4 rings (SSSR count). The van der Waals surface area contributed by atoms with Crippen LogP contribution in [0.5, 0.6) is 11.5 Å². The molecule has 0 atom stereocenters. The predicted molar refractivity (Wildman–Crippen MR) is 127 cm³/mol. The second kappa shape index (κ2) is 10.5. The molecule has 0 fully saturated rings. The first-order valence-electron chi connectivity index (χ1n) is 11.2. The van der Waals surface area contributed by atoms with Crippen LogP contribution in [0.15, 0.2) is 84.9 Å². The van der Waals surface area contributed by atoms with E-state index in [-0.39, 0.29) is 5.75 Å². The van der Waals surface area contributed by atoms with Gasteiger partial charge in [0.05, 0.1) is 0 Å². The summed E-state index contributed by atoms with van der Waals surface area (Å²) in [5.41, 5.74) is 1.85. The van der Waals surface area contributed by atoms with Gasteiger partial charge in [-0.25, -0.2) is 8.78 Å². The van der Waals surface area contributed by atoms with Gasteiger partial charge in [0.2, 0.25) is 17.4 Å². The number of benzene rings is 4. The molecule has 0 saturated heterocycles. The van der Waals surface area contributed by atoms with E-state index in [9.17, 15) is 30.7 Å². The number of alkyl halides is 3. The smallest absolute Gasteiger partial charge is 0.422 e. The number of allylic oxidation sites excluding steroid dienone is 1. The van der Waals surface area contributed by atoms with Crippen LogP contribution in [-0.2, 0) is 6.18 Å². The lowest BCUT2D eigenvalue weighted by atomic mass is 9.88. The minimum Gasteiger partial charge on any atom is -0.451 e. The third kappa shape index (κ3) is 5.23. The molecule has 1 nitrogen and oxygen atoms in total. The van der Waals surface area contributed by atoms with Crippen LogP contribution >= 0.6 is 0 Å². The molecule has 8 heteroatoms. The summed E-state index contributed by atoms with van der Waals surface area (Å²) in [7, 11) is 0. The highest BCUT2D eigenvalue weighted by Gasteiger charge is 2.43. The summed E-state index contributed by atoms with van der Waals surface area (Å²) < 4.78 is 100.0. The Morgan fingerprint density at radius 2 is 1.08 bits per heavy atom. The Morgan fingerprint density at radius 3 is 1.54 bits per heavy atom. The maximum Gasteiger partial charge on any atom is 0.422 e. The standard InChI is InChI=1S/C29H19F7O/c1-2-21(17-9-5-3-6-10-17)22(18-11-7-4-8-12-18)19-13-15-20(16-14-19)37-28-26(32)24(30)23(29(34,35)36)25(31)27(28)33/h3-16H,2H2,1H3. The molecule has 0 aliphatic heterocycles. The van der Waals surface area contributed by atoms with Crippen LogP contribution in [0.2, 0.25) is 0 Å². The molecule has 0 heterocycles. The van der Waals surface area contributed by atoms with Crippen molar-refractivity contribution in [3.8, 4) is 11.5 Å². The van der Waals surface area contributed by atoms with Crippen molar-refractivity contribution >= 4 is 11.1 Å². The van der Waals surface area contributed by atoms with Gasteiger partial charge in [0.25, 0.3) is 0 Å². The molecular weight excluding hydrogens is 497 g/mol. The number of hydrogen-bond donors (Lipinski definition) is 0. The molecule has 37 heavy (non-hydrogen) atoms. The lowest BCUT2D eigenvalue weighted by molar-refractivity contribution is -0.143. The second-order valence-electron chi connectivity index (χ2n) is 8.02. The van der Waals surface area contributed by atoms with Crippen LogP contribution in [-0.4, -0.2) is 0 Å². The Labute approximate surface area is 208 Å². The third-order valence-corrected chi connectivity index (χ3v) is 5.71. The highest BCUT2D eigenvalue weighted by molar-refractivity contribution is 5.98. The molecule has 0 spiro atoms. The summed E-state index contributed by atoms with van der Waals surface area (Å²) in [5, 5.41) is 0. The zero-order valence-corrected chi connectivity index (χ0v) is 19.3. The number of halogens is 7. The van der Waals surface area contributed by atoms with Crippen molar-refractivity contribution in [1.82, 2.24) is 0 Å². The van der Waals surface area contributed by atoms with Crippen molar-refractivity contribution in [2.45, 2.75) is 19.5 Å². The molecule has 0 aromatic heterocycles. The summed E-state index contributed by atoms with van der Waals surface area (Å²) in [5.74, 6) is -11.6. The topological polar surface area (TPSA) is 9.23 Å². The normalized spacial score (nSPS) is 12.3. The maximum absolute atomic E-state index is 14.3. The molecule has 190 valence electrons. The number of rotatable bonds is 6. The molecule has 0 aliphatic rings. The molecule has 0 saturated carbocycles. The molecule has 0 amide bonds. The fourth-order valence-corrected chi connectivity index (χ4v) is 4.04. The van der Waals surface area contributed by atoms with Crippen molar-refractivity contribution in [2.75, 3.05) is 0 Å². The number of hydrogen-bond acceptors (Lipinski definition) is 1. The van der Waals surface area contributed by atoms with Gasteiger partial charge in [0, 0.05) is 0 Å². The summed E-state index contributed by atoms with van der Waals surface area (Å²) in [4.78, 5) is 0. The van der Waals surface area contributed by atoms with E-state index in [1.165, 1.54) is 12.1 Å². The Kier molecular flexibility index (Phi) is 7.38. The Balaban J connectivity index is 1.77. The average molecular weight is 516 g/mol. The van der Waals surface area contributed by atoms with Gasteiger partial charge >= 0.3 is 6.18 Å². The lowest BCUT2D eigenvalue weighted by Gasteiger charge is -2.17. The Bertz CT molecular complexity index is 1400. The molecule has 0 radical (unpaired) electrons. The van der Waals surface area contributed by atoms with Gasteiger partial charge in [-0.3, -0.25) is 0 Å². The zero-order valence-electron chi connectivity index (χ0n) is 19.3. The summed E-state index contributed by atoms with van der Waals surface area (Å²) in [6.45, 7) is 2.00. The molecular formula is C29H19F7O. The van der Waals surface area contributed by atoms with Crippen LogP contribution < -0.4 is 4.74 Å². The van der Waals surface area contributed by atoms with E-state index in [0.29, 0.717) is 12.0 Å². The predicted octanol–water partition coefficient (Wildman–Crippen LogP) is 9.42. The van der Waals surface area contributed by atoms with E-state index < -0.39 is 40.8 Å². The third-order valence-electron chi connectivity index (χ3n) is 5.71. The van der Waals surface area contributed by atoms with Crippen molar-refractivity contribution in [2.24, 2.45) is 0 Å². The Hall–Kier alpha value is -4.07. The Morgan fingerprint density at radius 1 is 0.622 bits per heavy atom. The minimum atomic E-state index is -5.63. The van der Waals surface area contributed by atoms with Crippen LogP contribution in [0.25, 0.3) is 11.1 Å². The maximum atomic E-state index is 14.3. The monoisotopic (exact) mass is 516 g/mol. The van der Waals surface area contributed by atoms with Crippen molar-refractivity contribution < 1.29 is 35.5 Å². The van der Waals surface area contributed by atoms with Gasteiger partial charge in [0.15, 0.2) is 11.6 Å². The van der Waals surface area contributed by atoms with Crippen molar-refractivity contribution in [3.05, 3.63) is 130 Å². The number of ether oxygens (including phenoxy) is 1. The van der Waals surface area contributed by atoms with Crippen LogP contribution in [0, 0.1) is 23.3 Å². The first-order valence-corrected chi connectivity index (χ1v) is 11.2. The average Bonchev–Trinajstić information content (AvgIpc) is 2.89. The van der Waals surface area contributed by atoms with E-state index in [2.05, 4.69) is 0 Å². The highest BCUT2D eigenvalue weighted by atomic mass is 19.4. The quantitative estimate of drug-likeness (QED) is 0.141. The van der Waals surface area contributed by atoms with Gasteiger partial charge < -0.3 is 4.74 Å². The van der Waals surface area contributed by atoms with Crippen molar-refractivity contribution in [3.63, 3.8) is 0 Å². The van der Waals surface area contributed by atoms with Crippen LogP contribution in [0.4, 0.5) is 30.7 Å². The largest absolute Gasteiger partial charge is 0.451 e. The fourth-order valence-electron chi connectivity index (χ4n) is 4.04. The van der Waals surface area contributed by atoms with Crippen LogP contribution in [0.3, 0.4) is 0 Å². The summed E-state index contributed by atoms with van der Waals surface area (Å²) in [6, 6.07) is 24.9. The van der Waals surface area contributed by atoms with E-state index in [0.717, 1.165) is 22.3 Å². The molecule has 0 unspecified atom stereocenters. The van der Waals surface area contributed by atoms with E-state index >= 15 is 0 Å². The van der Waals surface area contributed by atoms with Gasteiger partial charge in [0.1, 0.15) is 11.3 Å². The zero-order chi connectivity index (χ0) is 26.7. The molecule has 0 bridgehead atoms. The fraction of sp³-hybridized carbons (Fsp3) is 0.103. The summed E-state index contributed by atoms with van der Waals surface area (Å²) in [6.07, 6.45) is -4.96. The first-order chi connectivity index (χ1) is 17.6. The minimum absolute atomic E-state index is 0.231. The molecule has 4 aromatic carbocycles. The van der Waals surface area contributed by atoms with Crippen molar-refractivity contribution in [1.29, 1.82) is 0 Å². The first kappa shape index (κ1) is 26.0. The van der Waals surface area contributed by atoms with Gasteiger partial charge in [-0.05, 0) is 46.4 Å². The SMILES string of the molecule is CCC(=C(c1ccccc1)c1ccc(Oc2c(F)c(F)c(C(F)(F)F)c(F)c2F)cc1)c1ccccc1. The van der Waals surface area contributed by atoms with E-state index in [1.54, 1.807) is 12.1 Å².